The third kappa shape index (κ3) is 7.89. The molecule has 200 valence electrons. The zero-order valence-electron chi connectivity index (χ0n) is 21.0. The first-order valence-electron chi connectivity index (χ1n) is 12.9. The van der Waals surface area contributed by atoms with Crippen LogP contribution in [0.2, 0.25) is 15.1 Å². The minimum atomic E-state index is -0.757. The Morgan fingerprint density at radius 1 is 0.895 bits per heavy atom. The molecule has 0 unspecified atom stereocenters. The summed E-state index contributed by atoms with van der Waals surface area (Å²) in [6.07, 6.45) is 5.61. The molecule has 1 fully saturated rings. The number of carbonyl (C=O) groups is 2. The van der Waals surface area contributed by atoms with Gasteiger partial charge in [0.05, 0.1) is 5.02 Å². The van der Waals surface area contributed by atoms with Crippen LogP contribution in [-0.2, 0) is 22.6 Å². The van der Waals surface area contributed by atoms with Crippen molar-refractivity contribution in [2.75, 3.05) is 6.61 Å². The third-order valence-corrected chi connectivity index (χ3v) is 7.67. The lowest BCUT2D eigenvalue weighted by Gasteiger charge is -2.33. The van der Waals surface area contributed by atoms with Crippen LogP contribution in [0.1, 0.15) is 43.2 Å². The van der Waals surface area contributed by atoms with Crippen molar-refractivity contribution < 1.29 is 14.3 Å². The van der Waals surface area contributed by atoms with E-state index in [1.807, 2.05) is 48.5 Å². The van der Waals surface area contributed by atoms with E-state index in [9.17, 15) is 9.59 Å². The summed E-state index contributed by atoms with van der Waals surface area (Å²) < 4.78 is 5.79. The lowest BCUT2D eigenvalue weighted by Crippen LogP contribution is -2.53. The maximum Gasteiger partial charge on any atom is 0.261 e. The highest BCUT2D eigenvalue weighted by Crippen LogP contribution is 2.28. The van der Waals surface area contributed by atoms with E-state index >= 15 is 0 Å². The van der Waals surface area contributed by atoms with Gasteiger partial charge in [-0.15, -0.1) is 0 Å². The molecule has 3 aromatic carbocycles. The summed E-state index contributed by atoms with van der Waals surface area (Å²) in [5, 5.41) is 4.52. The van der Waals surface area contributed by atoms with Crippen LogP contribution in [0.4, 0.5) is 0 Å². The Labute approximate surface area is 239 Å². The number of halogens is 3. The first kappa shape index (κ1) is 28.3. The fourth-order valence-electron chi connectivity index (χ4n) is 4.72. The number of carbonyl (C=O) groups excluding carboxylic acids is 2. The normalized spacial score (nSPS) is 14.5. The lowest BCUT2D eigenvalue weighted by molar-refractivity contribution is -0.143. The number of hydrogen-bond donors (Lipinski definition) is 1. The molecule has 3 aromatic rings. The molecule has 1 atom stereocenters. The van der Waals surface area contributed by atoms with Gasteiger partial charge < -0.3 is 15.0 Å². The van der Waals surface area contributed by atoms with E-state index in [1.54, 1.807) is 29.2 Å². The number of nitrogens with zero attached hydrogens (tertiary/aromatic N) is 1. The summed E-state index contributed by atoms with van der Waals surface area (Å²) in [6, 6.07) is 21.2. The second-order valence-electron chi connectivity index (χ2n) is 9.53. The van der Waals surface area contributed by atoms with Gasteiger partial charge in [0.15, 0.2) is 6.61 Å². The first-order valence-corrected chi connectivity index (χ1v) is 14.0. The average Bonchev–Trinajstić information content (AvgIpc) is 2.92. The largest absolute Gasteiger partial charge is 0.482 e. The predicted molar refractivity (Wildman–Crippen MR) is 153 cm³/mol. The molecule has 0 bridgehead atoms. The molecule has 38 heavy (non-hydrogen) atoms. The molecule has 0 aromatic heterocycles. The van der Waals surface area contributed by atoms with Gasteiger partial charge in [-0.05, 0) is 48.2 Å². The van der Waals surface area contributed by atoms with Crippen molar-refractivity contribution in [1.82, 2.24) is 10.2 Å². The molecule has 1 aliphatic carbocycles. The molecule has 0 radical (unpaired) electrons. The van der Waals surface area contributed by atoms with Crippen LogP contribution in [0, 0.1) is 0 Å². The van der Waals surface area contributed by atoms with Crippen molar-refractivity contribution in [2.45, 2.75) is 57.2 Å². The molecule has 0 saturated heterocycles. The fourth-order valence-corrected chi connectivity index (χ4v) is 5.38. The van der Waals surface area contributed by atoms with Crippen molar-refractivity contribution in [3.05, 3.63) is 99.0 Å². The molecule has 1 N–H and O–H groups in total. The van der Waals surface area contributed by atoms with Gasteiger partial charge >= 0.3 is 0 Å². The molecular formula is C30H31Cl3N2O3. The topological polar surface area (TPSA) is 58.6 Å². The summed E-state index contributed by atoms with van der Waals surface area (Å²) >= 11 is 18.7. The predicted octanol–water partition coefficient (Wildman–Crippen LogP) is 7.11. The molecule has 1 saturated carbocycles. The smallest absolute Gasteiger partial charge is 0.261 e. The Balaban J connectivity index is 1.62. The van der Waals surface area contributed by atoms with E-state index in [0.717, 1.165) is 36.8 Å². The Hall–Kier alpha value is -2.73. The van der Waals surface area contributed by atoms with Crippen LogP contribution in [0.5, 0.6) is 5.75 Å². The van der Waals surface area contributed by atoms with E-state index < -0.39 is 6.04 Å². The van der Waals surface area contributed by atoms with E-state index in [2.05, 4.69) is 5.32 Å². The van der Waals surface area contributed by atoms with Crippen LogP contribution in [0.15, 0.2) is 72.8 Å². The van der Waals surface area contributed by atoms with Gasteiger partial charge in [-0.3, -0.25) is 9.59 Å². The maximum absolute atomic E-state index is 13.8. The van der Waals surface area contributed by atoms with Gasteiger partial charge in [0.2, 0.25) is 5.91 Å². The van der Waals surface area contributed by atoms with Crippen LogP contribution < -0.4 is 10.1 Å². The van der Waals surface area contributed by atoms with Crippen molar-refractivity contribution in [1.29, 1.82) is 0 Å². The number of hydrogen-bond acceptors (Lipinski definition) is 3. The van der Waals surface area contributed by atoms with Crippen LogP contribution in [0.3, 0.4) is 0 Å². The Kier molecular flexibility index (Phi) is 10.3. The Morgan fingerprint density at radius 3 is 2.32 bits per heavy atom. The van der Waals surface area contributed by atoms with Gasteiger partial charge in [-0.2, -0.15) is 0 Å². The van der Waals surface area contributed by atoms with Crippen molar-refractivity contribution in [2.24, 2.45) is 0 Å². The van der Waals surface area contributed by atoms with Crippen molar-refractivity contribution in [3.63, 3.8) is 0 Å². The Morgan fingerprint density at radius 2 is 1.61 bits per heavy atom. The standard InChI is InChI=1S/C30H31Cl3N2O3/c31-23-15-16-28(26(33)18-23)38-20-29(36)35(19-22-11-7-8-14-25(22)32)27(17-21-9-3-1-4-10-21)30(37)34-24-12-5-2-6-13-24/h1,3-4,7-11,14-16,18,24,27H,2,5-6,12-13,17,19-20H2,(H,34,37)/t27-/m0/s1. The van der Waals surface area contributed by atoms with Crippen LogP contribution >= 0.6 is 34.8 Å². The summed E-state index contributed by atoms with van der Waals surface area (Å²) in [5.41, 5.74) is 1.70. The fraction of sp³-hybridized carbons (Fsp3) is 0.333. The number of ether oxygens (including phenoxy) is 1. The number of amides is 2. The van der Waals surface area contributed by atoms with Gasteiger partial charge in [0, 0.05) is 29.1 Å². The van der Waals surface area contributed by atoms with Gasteiger partial charge in [-0.25, -0.2) is 0 Å². The second-order valence-corrected chi connectivity index (χ2v) is 10.8. The Bertz CT molecular complexity index is 1230. The lowest BCUT2D eigenvalue weighted by atomic mass is 9.94. The summed E-state index contributed by atoms with van der Waals surface area (Å²) in [6.45, 7) is -0.139. The number of rotatable bonds is 10. The van der Waals surface area contributed by atoms with E-state index in [-0.39, 0.29) is 31.0 Å². The summed E-state index contributed by atoms with van der Waals surface area (Å²) in [5.74, 6) is -0.185. The van der Waals surface area contributed by atoms with Gasteiger partial charge in [0.1, 0.15) is 11.8 Å². The van der Waals surface area contributed by atoms with E-state index in [4.69, 9.17) is 39.5 Å². The molecule has 4 rings (SSSR count). The number of benzene rings is 3. The van der Waals surface area contributed by atoms with Crippen molar-refractivity contribution in [3.8, 4) is 5.75 Å². The zero-order valence-corrected chi connectivity index (χ0v) is 23.3. The molecule has 2 amide bonds. The average molecular weight is 574 g/mol. The van der Waals surface area contributed by atoms with E-state index in [0.29, 0.717) is 27.2 Å². The summed E-state index contributed by atoms with van der Waals surface area (Å²) in [4.78, 5) is 29.1. The molecule has 0 aliphatic heterocycles. The highest BCUT2D eigenvalue weighted by atomic mass is 35.5. The van der Waals surface area contributed by atoms with Crippen LogP contribution in [-0.4, -0.2) is 35.4 Å². The van der Waals surface area contributed by atoms with E-state index in [1.165, 1.54) is 6.42 Å². The maximum atomic E-state index is 13.8. The highest BCUT2D eigenvalue weighted by Gasteiger charge is 2.32. The molecule has 8 heteroatoms. The van der Waals surface area contributed by atoms with Crippen molar-refractivity contribution >= 4 is 46.6 Å². The molecule has 0 spiro atoms. The van der Waals surface area contributed by atoms with Crippen LogP contribution in [0.25, 0.3) is 0 Å². The molecule has 1 aliphatic rings. The minimum absolute atomic E-state index is 0.107. The summed E-state index contributed by atoms with van der Waals surface area (Å²) in [7, 11) is 0. The quantitative estimate of drug-likeness (QED) is 0.281. The third-order valence-electron chi connectivity index (χ3n) is 6.77. The molecule has 0 heterocycles. The second kappa shape index (κ2) is 13.9. The SMILES string of the molecule is O=C(NC1CCCCC1)[C@H](Cc1ccccc1)N(Cc1ccccc1Cl)C(=O)COc1ccc(Cl)cc1Cl. The highest BCUT2D eigenvalue weighted by molar-refractivity contribution is 6.35. The number of nitrogens with one attached hydrogen (secondary N) is 1. The monoisotopic (exact) mass is 572 g/mol. The molecule has 5 nitrogen and oxygen atoms in total. The molecular weight excluding hydrogens is 543 g/mol. The zero-order chi connectivity index (χ0) is 26.9. The first-order chi connectivity index (χ1) is 18.4. The van der Waals surface area contributed by atoms with Gasteiger partial charge in [-0.1, -0.05) is 103 Å². The van der Waals surface area contributed by atoms with Gasteiger partial charge in [0.25, 0.3) is 5.91 Å². The minimum Gasteiger partial charge on any atom is -0.482 e.